The van der Waals surface area contributed by atoms with Crippen LogP contribution in [0.4, 0.5) is 0 Å². The van der Waals surface area contributed by atoms with Crippen LogP contribution in [0.3, 0.4) is 0 Å². The molecule has 0 aliphatic heterocycles. The lowest BCUT2D eigenvalue weighted by Gasteiger charge is -2.18. The molecule has 1 atom stereocenters. The second kappa shape index (κ2) is 5.17. The van der Waals surface area contributed by atoms with Gasteiger partial charge >= 0.3 is 0 Å². The van der Waals surface area contributed by atoms with Gasteiger partial charge < -0.3 is 14.3 Å². The zero-order chi connectivity index (χ0) is 10.6. The Hall–Kier alpha value is -0.800. The van der Waals surface area contributed by atoms with Crippen molar-refractivity contribution in [2.24, 2.45) is 5.92 Å². The van der Waals surface area contributed by atoms with E-state index in [2.05, 4.69) is 13.8 Å². The zero-order valence-electron chi connectivity index (χ0n) is 8.99. The summed E-state index contributed by atoms with van der Waals surface area (Å²) in [6, 6.07) is 3.85. The second-order valence-electron chi connectivity index (χ2n) is 3.71. The number of aryl methyl sites for hydroxylation is 1. The molecule has 0 fully saturated rings. The van der Waals surface area contributed by atoms with Gasteiger partial charge in [-0.25, -0.2) is 0 Å². The topological polar surface area (TPSA) is 42.6 Å². The first-order valence-corrected chi connectivity index (χ1v) is 4.94. The summed E-state index contributed by atoms with van der Waals surface area (Å²) in [6.45, 7) is 6.44. The van der Waals surface area contributed by atoms with Crippen LogP contribution in [-0.2, 0) is 4.74 Å². The van der Waals surface area contributed by atoms with Crippen molar-refractivity contribution in [1.82, 2.24) is 0 Å². The highest BCUT2D eigenvalue weighted by Gasteiger charge is 2.19. The first-order chi connectivity index (χ1) is 6.65. The lowest BCUT2D eigenvalue weighted by atomic mass is 10.1. The van der Waals surface area contributed by atoms with Crippen LogP contribution < -0.4 is 0 Å². The van der Waals surface area contributed by atoms with Crippen LogP contribution in [0.5, 0.6) is 0 Å². The summed E-state index contributed by atoms with van der Waals surface area (Å²) in [6.07, 6.45) is -0.0594. The van der Waals surface area contributed by atoms with Crippen LogP contribution in [0.15, 0.2) is 16.5 Å². The summed E-state index contributed by atoms with van der Waals surface area (Å²) in [5.74, 6) is 2.07. The smallest absolute Gasteiger partial charge is 0.133 e. The summed E-state index contributed by atoms with van der Waals surface area (Å²) in [4.78, 5) is 0. The standard InChI is InChI=1S/C11H18O3/c1-8(2)11(13-7-6-12)10-5-4-9(3)14-10/h4-5,8,11-12H,6-7H2,1-3H3. The van der Waals surface area contributed by atoms with Crippen LogP contribution in [0.2, 0.25) is 0 Å². The van der Waals surface area contributed by atoms with Gasteiger partial charge in [0.25, 0.3) is 0 Å². The van der Waals surface area contributed by atoms with Crippen molar-refractivity contribution < 1.29 is 14.3 Å². The predicted molar refractivity (Wildman–Crippen MR) is 54.1 cm³/mol. The molecule has 0 aromatic carbocycles. The summed E-state index contributed by atoms with van der Waals surface area (Å²) in [7, 11) is 0. The third-order valence-electron chi connectivity index (χ3n) is 2.04. The van der Waals surface area contributed by atoms with Gasteiger partial charge in [0.1, 0.15) is 17.6 Å². The summed E-state index contributed by atoms with van der Waals surface area (Å²) in [5.41, 5.74) is 0. The molecule has 0 aliphatic carbocycles. The van der Waals surface area contributed by atoms with Crippen molar-refractivity contribution in [2.45, 2.75) is 26.9 Å². The third-order valence-corrected chi connectivity index (χ3v) is 2.04. The molecule has 3 heteroatoms. The van der Waals surface area contributed by atoms with Crippen molar-refractivity contribution in [3.05, 3.63) is 23.7 Å². The molecular formula is C11H18O3. The Bertz CT molecular complexity index is 265. The number of ether oxygens (including phenoxy) is 1. The summed E-state index contributed by atoms with van der Waals surface area (Å²) < 4.78 is 11.0. The van der Waals surface area contributed by atoms with Crippen molar-refractivity contribution >= 4 is 0 Å². The number of hydrogen-bond acceptors (Lipinski definition) is 3. The number of aliphatic hydroxyl groups is 1. The lowest BCUT2D eigenvalue weighted by Crippen LogP contribution is -2.12. The van der Waals surface area contributed by atoms with E-state index < -0.39 is 0 Å². The van der Waals surface area contributed by atoms with Crippen molar-refractivity contribution in [2.75, 3.05) is 13.2 Å². The second-order valence-corrected chi connectivity index (χ2v) is 3.71. The Balaban J connectivity index is 2.67. The maximum absolute atomic E-state index is 8.69. The molecule has 1 aromatic heterocycles. The van der Waals surface area contributed by atoms with E-state index in [1.165, 1.54) is 0 Å². The maximum atomic E-state index is 8.69. The molecule has 3 nitrogen and oxygen atoms in total. The molecule has 0 amide bonds. The van der Waals surface area contributed by atoms with Crippen LogP contribution in [0.1, 0.15) is 31.5 Å². The van der Waals surface area contributed by atoms with E-state index in [0.29, 0.717) is 12.5 Å². The number of furan rings is 1. The zero-order valence-corrected chi connectivity index (χ0v) is 8.99. The minimum Gasteiger partial charge on any atom is -0.464 e. The maximum Gasteiger partial charge on any atom is 0.133 e. The van der Waals surface area contributed by atoms with Crippen LogP contribution in [0, 0.1) is 12.8 Å². The number of aliphatic hydroxyl groups excluding tert-OH is 1. The highest BCUT2D eigenvalue weighted by Crippen LogP contribution is 2.26. The van der Waals surface area contributed by atoms with Gasteiger partial charge in [-0.05, 0) is 25.0 Å². The average molecular weight is 198 g/mol. The fourth-order valence-electron chi connectivity index (χ4n) is 1.39. The van der Waals surface area contributed by atoms with E-state index in [1.807, 2.05) is 19.1 Å². The van der Waals surface area contributed by atoms with E-state index >= 15 is 0 Å². The van der Waals surface area contributed by atoms with Gasteiger partial charge in [0.05, 0.1) is 13.2 Å². The molecular weight excluding hydrogens is 180 g/mol. The normalized spacial score (nSPS) is 13.5. The van der Waals surface area contributed by atoms with Gasteiger partial charge in [0.15, 0.2) is 0 Å². The van der Waals surface area contributed by atoms with Gasteiger partial charge in [-0.15, -0.1) is 0 Å². The van der Waals surface area contributed by atoms with E-state index in [1.54, 1.807) is 0 Å². The fraction of sp³-hybridized carbons (Fsp3) is 0.636. The molecule has 0 saturated heterocycles. The molecule has 0 saturated carbocycles. The Labute approximate surface area is 84.7 Å². The Kier molecular flexibility index (Phi) is 4.17. The molecule has 0 aliphatic rings. The first-order valence-electron chi connectivity index (χ1n) is 4.94. The van der Waals surface area contributed by atoms with Gasteiger partial charge in [-0.3, -0.25) is 0 Å². The highest BCUT2D eigenvalue weighted by atomic mass is 16.5. The quantitative estimate of drug-likeness (QED) is 0.789. The predicted octanol–water partition coefficient (Wildman–Crippen LogP) is 2.29. The Morgan fingerprint density at radius 1 is 1.43 bits per heavy atom. The van der Waals surface area contributed by atoms with Crippen LogP contribution >= 0.6 is 0 Å². The molecule has 0 bridgehead atoms. The number of rotatable bonds is 5. The minimum absolute atomic E-state index is 0.0446. The summed E-state index contributed by atoms with van der Waals surface area (Å²) >= 11 is 0. The van der Waals surface area contributed by atoms with E-state index in [9.17, 15) is 0 Å². The Morgan fingerprint density at radius 2 is 2.14 bits per heavy atom. The van der Waals surface area contributed by atoms with Gasteiger partial charge in [0.2, 0.25) is 0 Å². The SMILES string of the molecule is Cc1ccc(C(OCCO)C(C)C)o1. The molecule has 1 N–H and O–H groups in total. The average Bonchev–Trinajstić information content (AvgIpc) is 2.52. The molecule has 0 radical (unpaired) electrons. The van der Waals surface area contributed by atoms with Crippen molar-refractivity contribution in [3.63, 3.8) is 0 Å². The first kappa shape index (κ1) is 11.3. The van der Waals surface area contributed by atoms with Gasteiger partial charge in [-0.2, -0.15) is 0 Å². The van der Waals surface area contributed by atoms with Gasteiger partial charge in [-0.1, -0.05) is 13.8 Å². The molecule has 1 rings (SSSR count). The largest absolute Gasteiger partial charge is 0.464 e. The molecule has 14 heavy (non-hydrogen) atoms. The Morgan fingerprint density at radius 3 is 2.57 bits per heavy atom. The molecule has 1 heterocycles. The molecule has 0 spiro atoms. The monoisotopic (exact) mass is 198 g/mol. The fourth-order valence-corrected chi connectivity index (χ4v) is 1.39. The van der Waals surface area contributed by atoms with E-state index in [-0.39, 0.29) is 12.7 Å². The van der Waals surface area contributed by atoms with Crippen molar-refractivity contribution in [3.8, 4) is 0 Å². The highest BCUT2D eigenvalue weighted by molar-refractivity contribution is 5.08. The van der Waals surface area contributed by atoms with E-state index in [4.69, 9.17) is 14.3 Å². The molecule has 1 unspecified atom stereocenters. The summed E-state index contributed by atoms with van der Waals surface area (Å²) in [5, 5.41) is 8.69. The van der Waals surface area contributed by atoms with E-state index in [0.717, 1.165) is 11.5 Å². The van der Waals surface area contributed by atoms with Crippen LogP contribution in [0.25, 0.3) is 0 Å². The lowest BCUT2D eigenvalue weighted by molar-refractivity contribution is -0.0107. The minimum atomic E-state index is -0.0594. The third kappa shape index (κ3) is 2.86. The van der Waals surface area contributed by atoms with Crippen LogP contribution in [-0.4, -0.2) is 18.3 Å². The van der Waals surface area contributed by atoms with Crippen molar-refractivity contribution in [1.29, 1.82) is 0 Å². The molecule has 80 valence electrons. The molecule has 1 aromatic rings. The van der Waals surface area contributed by atoms with Gasteiger partial charge in [0, 0.05) is 0 Å². The number of hydrogen-bond donors (Lipinski definition) is 1.